The van der Waals surface area contributed by atoms with Crippen molar-refractivity contribution in [3.63, 3.8) is 0 Å². The summed E-state index contributed by atoms with van der Waals surface area (Å²) in [5.41, 5.74) is 0. The molecule has 6 N–H and O–H groups in total. The van der Waals surface area contributed by atoms with Crippen LogP contribution in [0, 0.1) is 0 Å². The van der Waals surface area contributed by atoms with Crippen molar-refractivity contribution in [3.8, 4) is 0 Å². The molecule has 0 aliphatic carbocycles. The molecule has 0 aromatic rings. The molecule has 1 rings (SSSR count). The van der Waals surface area contributed by atoms with Gasteiger partial charge in [-0.1, -0.05) is 214 Å². The van der Waals surface area contributed by atoms with E-state index in [0.29, 0.717) is 12.8 Å². The average Bonchev–Trinajstić information content (AvgIpc) is 3.39. The molecule has 8 unspecified atom stereocenters. The Balaban J connectivity index is 2.74. The molecule has 73 heavy (non-hydrogen) atoms. The number of aliphatic hydroxyl groups is 5. The number of carbonyl (C=O) groups is 2. The van der Waals surface area contributed by atoms with Crippen molar-refractivity contribution in [3.05, 3.63) is 97.2 Å². The molecular weight excluding hydrogens is 919 g/mol. The number of nitrogens with one attached hydrogen (secondary N) is 1. The van der Waals surface area contributed by atoms with Gasteiger partial charge >= 0.3 is 5.97 Å². The van der Waals surface area contributed by atoms with Crippen LogP contribution in [0.5, 0.6) is 0 Å². The number of allylic oxidation sites excluding steroid dienone is 15. The predicted molar refractivity (Wildman–Crippen MR) is 301 cm³/mol. The van der Waals surface area contributed by atoms with Crippen molar-refractivity contribution >= 4 is 11.9 Å². The highest BCUT2D eigenvalue weighted by Crippen LogP contribution is 2.26. The van der Waals surface area contributed by atoms with E-state index in [1.165, 1.54) is 44.9 Å². The summed E-state index contributed by atoms with van der Waals surface area (Å²) < 4.78 is 17.5. The normalized spacial score (nSPS) is 20.1. The standard InChI is InChI=1S/C62H105NO10/c1-4-7-10-13-16-19-22-25-26-27-28-29-30-32-35-38-41-44-47-50-57(67)73-60-59(69)58(68)56(51-64)72-62(60)71-52-53(54(65)48-45-42-39-36-33-24-21-18-15-12-9-6-3)63-61(70)55(66)49-46-43-40-37-34-31-23-20-17-14-11-8-5-2/h7-8,10-11,16-17,19-20,25-26,28-29,32,35,45,48,53-56,58-60,62,64-66,68-69H,4-6,9,12-15,18,21-24,27,30-31,33-34,36-44,46-47,49-52H2,1-3H3,(H,63,70)/b10-7-,11-8+,19-16-,20-17+,26-25-,29-28-,35-32-,48-45+. The van der Waals surface area contributed by atoms with Crippen LogP contribution in [0.4, 0.5) is 0 Å². The second-order valence-corrected chi connectivity index (χ2v) is 19.6. The van der Waals surface area contributed by atoms with E-state index in [1.807, 2.05) is 6.08 Å². The van der Waals surface area contributed by atoms with Crippen LogP contribution in [0.1, 0.15) is 220 Å². The van der Waals surface area contributed by atoms with Crippen LogP contribution in [-0.2, 0) is 23.8 Å². The molecule has 11 nitrogen and oxygen atoms in total. The van der Waals surface area contributed by atoms with Crippen molar-refractivity contribution in [2.75, 3.05) is 13.2 Å². The van der Waals surface area contributed by atoms with Crippen LogP contribution in [0.25, 0.3) is 0 Å². The highest BCUT2D eigenvalue weighted by Gasteiger charge is 2.47. The van der Waals surface area contributed by atoms with E-state index in [1.54, 1.807) is 6.08 Å². The summed E-state index contributed by atoms with van der Waals surface area (Å²) in [6.45, 7) is 5.52. The molecule has 1 aliphatic rings. The lowest BCUT2D eigenvalue weighted by atomic mass is 9.99. The molecule has 8 atom stereocenters. The molecule has 0 aromatic carbocycles. The molecule has 1 saturated heterocycles. The van der Waals surface area contributed by atoms with Crippen LogP contribution >= 0.6 is 0 Å². The van der Waals surface area contributed by atoms with E-state index in [-0.39, 0.29) is 19.4 Å². The number of hydrogen-bond acceptors (Lipinski definition) is 10. The second kappa shape index (κ2) is 49.5. The van der Waals surface area contributed by atoms with Gasteiger partial charge in [0.2, 0.25) is 5.91 Å². The molecule has 1 aliphatic heterocycles. The average molecular weight is 1020 g/mol. The summed E-state index contributed by atoms with van der Waals surface area (Å²) in [7, 11) is 0. The zero-order valence-corrected chi connectivity index (χ0v) is 46.0. The first-order valence-electron chi connectivity index (χ1n) is 29.0. The zero-order chi connectivity index (χ0) is 53.3. The third-order valence-corrected chi connectivity index (χ3v) is 13.0. The van der Waals surface area contributed by atoms with E-state index in [0.717, 1.165) is 128 Å². The predicted octanol–water partition coefficient (Wildman–Crippen LogP) is 13.2. The third kappa shape index (κ3) is 37.9. The van der Waals surface area contributed by atoms with E-state index in [9.17, 15) is 35.1 Å². The highest BCUT2D eigenvalue weighted by atomic mass is 16.7. The number of carbonyl (C=O) groups excluding carboxylic acids is 2. The van der Waals surface area contributed by atoms with Crippen molar-refractivity contribution in [2.24, 2.45) is 0 Å². The maximum Gasteiger partial charge on any atom is 0.306 e. The van der Waals surface area contributed by atoms with Gasteiger partial charge in [0.05, 0.1) is 25.4 Å². The van der Waals surface area contributed by atoms with Gasteiger partial charge in [-0.3, -0.25) is 9.59 Å². The molecule has 0 aromatic heterocycles. The van der Waals surface area contributed by atoms with E-state index >= 15 is 0 Å². The van der Waals surface area contributed by atoms with Crippen LogP contribution in [-0.4, -0.2) is 99.6 Å². The number of esters is 1. The Morgan fingerprint density at radius 2 is 0.986 bits per heavy atom. The monoisotopic (exact) mass is 1020 g/mol. The SMILES string of the molecule is CC/C=C\C/C=C\C/C=C\C/C=C\C/C=C\CCCCCC(=O)OC1C(OCC(NC(=O)C(O)CCCCCCCC/C=C/C/C=C/CC)C(O)/C=C/CCCCCCCCCCCC)OC(CO)C(O)C1O. The number of ether oxygens (including phenoxy) is 3. The van der Waals surface area contributed by atoms with Crippen LogP contribution < -0.4 is 5.32 Å². The number of amides is 1. The first-order valence-corrected chi connectivity index (χ1v) is 29.0. The van der Waals surface area contributed by atoms with Gasteiger partial charge in [-0.25, -0.2) is 0 Å². The Morgan fingerprint density at radius 1 is 0.548 bits per heavy atom. The van der Waals surface area contributed by atoms with E-state index in [4.69, 9.17) is 14.2 Å². The minimum atomic E-state index is -1.63. The van der Waals surface area contributed by atoms with Crippen LogP contribution in [0.2, 0.25) is 0 Å². The Kier molecular flexibility index (Phi) is 45.8. The minimum absolute atomic E-state index is 0.0787. The topological polar surface area (TPSA) is 175 Å². The van der Waals surface area contributed by atoms with Crippen molar-refractivity contribution in [1.29, 1.82) is 0 Å². The Hall–Kier alpha value is -3.42. The fraction of sp³-hybridized carbons (Fsp3) is 0.710. The lowest BCUT2D eigenvalue weighted by Crippen LogP contribution is -2.61. The van der Waals surface area contributed by atoms with Crippen molar-refractivity contribution in [1.82, 2.24) is 5.32 Å². The first-order chi connectivity index (χ1) is 35.7. The lowest BCUT2D eigenvalue weighted by molar-refractivity contribution is -0.305. The van der Waals surface area contributed by atoms with Crippen LogP contribution in [0.15, 0.2) is 97.2 Å². The smallest absolute Gasteiger partial charge is 0.306 e. The van der Waals surface area contributed by atoms with Gasteiger partial charge in [0.15, 0.2) is 12.4 Å². The fourth-order valence-corrected chi connectivity index (χ4v) is 8.42. The molecule has 0 saturated carbocycles. The minimum Gasteiger partial charge on any atom is -0.454 e. The summed E-state index contributed by atoms with van der Waals surface area (Å²) in [5.74, 6) is -1.24. The van der Waals surface area contributed by atoms with Gasteiger partial charge in [-0.05, 0) is 96.3 Å². The number of hydrogen-bond donors (Lipinski definition) is 6. The molecule has 0 radical (unpaired) electrons. The quantitative estimate of drug-likeness (QED) is 0.0196. The third-order valence-electron chi connectivity index (χ3n) is 13.0. The largest absolute Gasteiger partial charge is 0.454 e. The molecule has 11 heteroatoms. The van der Waals surface area contributed by atoms with Gasteiger partial charge in [-0.15, -0.1) is 0 Å². The van der Waals surface area contributed by atoms with E-state index in [2.05, 4.69) is 111 Å². The maximum atomic E-state index is 13.4. The van der Waals surface area contributed by atoms with Crippen molar-refractivity contribution in [2.45, 2.75) is 269 Å². The zero-order valence-electron chi connectivity index (χ0n) is 46.0. The summed E-state index contributed by atoms with van der Waals surface area (Å²) >= 11 is 0. The number of unbranched alkanes of at least 4 members (excludes halogenated alkanes) is 19. The molecule has 1 amide bonds. The van der Waals surface area contributed by atoms with Crippen molar-refractivity contribution < 1.29 is 49.3 Å². The molecular formula is C62H105NO10. The lowest BCUT2D eigenvalue weighted by Gasteiger charge is -2.41. The summed E-state index contributed by atoms with van der Waals surface area (Å²) in [6, 6.07) is -1.04. The van der Waals surface area contributed by atoms with Gasteiger partial charge < -0.3 is 45.1 Å². The fourth-order valence-electron chi connectivity index (χ4n) is 8.42. The second-order valence-electron chi connectivity index (χ2n) is 19.6. The highest BCUT2D eigenvalue weighted by molar-refractivity contribution is 5.80. The maximum absolute atomic E-state index is 13.4. The number of rotatable bonds is 47. The first kappa shape index (κ1) is 67.6. The Morgan fingerprint density at radius 3 is 1.48 bits per heavy atom. The summed E-state index contributed by atoms with van der Waals surface area (Å²) in [6.07, 6.45) is 54.5. The summed E-state index contributed by atoms with van der Waals surface area (Å²) in [5, 5.41) is 56.8. The van der Waals surface area contributed by atoms with Gasteiger partial charge in [-0.2, -0.15) is 0 Å². The molecule has 0 bridgehead atoms. The van der Waals surface area contributed by atoms with Gasteiger partial charge in [0.1, 0.15) is 24.4 Å². The number of aliphatic hydroxyl groups excluding tert-OH is 5. The van der Waals surface area contributed by atoms with Crippen LogP contribution in [0.3, 0.4) is 0 Å². The van der Waals surface area contributed by atoms with Gasteiger partial charge in [0, 0.05) is 6.42 Å². The van der Waals surface area contributed by atoms with E-state index < -0.39 is 67.4 Å². The molecule has 1 heterocycles. The summed E-state index contributed by atoms with van der Waals surface area (Å²) in [4.78, 5) is 26.5. The Labute approximate surface area is 444 Å². The molecule has 418 valence electrons. The molecule has 0 spiro atoms. The van der Waals surface area contributed by atoms with Gasteiger partial charge in [0.25, 0.3) is 0 Å². The Bertz CT molecular complexity index is 1550. The molecule has 1 fully saturated rings.